The van der Waals surface area contributed by atoms with Crippen LogP contribution in [0.4, 0.5) is 0 Å². The Labute approximate surface area is 171 Å². The Morgan fingerprint density at radius 3 is 2.93 bits per heavy atom. The van der Waals surface area contributed by atoms with Crippen molar-refractivity contribution in [1.29, 1.82) is 0 Å². The molecule has 6 nitrogen and oxygen atoms in total. The molecule has 2 aliphatic rings. The standard InChI is InChI=1S/C21H31N5OS/c1-22-20(26-10-11-27-18(15-26)17-13-24-25(2)14-17)23-16-21(8-4-3-5-9-21)19-7-6-12-28-19/h6-7,12-14,18H,3-5,8-11,15-16H2,1-2H3,(H,22,23). The molecule has 0 amide bonds. The van der Waals surface area contributed by atoms with Crippen LogP contribution in [-0.2, 0) is 17.2 Å². The maximum absolute atomic E-state index is 6.00. The van der Waals surface area contributed by atoms with Crippen molar-refractivity contribution >= 4 is 17.3 Å². The first-order valence-electron chi connectivity index (χ1n) is 10.3. The van der Waals surface area contributed by atoms with Crippen LogP contribution in [0.15, 0.2) is 34.9 Å². The molecule has 3 heterocycles. The highest BCUT2D eigenvalue weighted by molar-refractivity contribution is 7.10. The lowest BCUT2D eigenvalue weighted by Crippen LogP contribution is -2.51. The van der Waals surface area contributed by atoms with Crippen LogP contribution in [0.3, 0.4) is 0 Å². The molecule has 2 aromatic rings. The van der Waals surface area contributed by atoms with Gasteiger partial charge in [0.25, 0.3) is 0 Å². The van der Waals surface area contributed by atoms with E-state index in [-0.39, 0.29) is 11.5 Å². The van der Waals surface area contributed by atoms with E-state index in [1.165, 1.54) is 37.0 Å². The van der Waals surface area contributed by atoms with Crippen molar-refractivity contribution in [2.45, 2.75) is 43.6 Å². The highest BCUT2D eigenvalue weighted by Crippen LogP contribution is 2.41. The lowest BCUT2D eigenvalue weighted by Gasteiger charge is -2.39. The van der Waals surface area contributed by atoms with Gasteiger partial charge in [-0.3, -0.25) is 9.67 Å². The van der Waals surface area contributed by atoms with E-state index < -0.39 is 0 Å². The molecular formula is C21H31N5OS. The average molecular weight is 402 g/mol. The Morgan fingerprint density at radius 2 is 2.25 bits per heavy atom. The molecule has 152 valence electrons. The predicted molar refractivity (Wildman–Crippen MR) is 114 cm³/mol. The van der Waals surface area contributed by atoms with Gasteiger partial charge in [-0.2, -0.15) is 5.10 Å². The van der Waals surface area contributed by atoms with Crippen LogP contribution in [0.25, 0.3) is 0 Å². The van der Waals surface area contributed by atoms with Gasteiger partial charge in [0, 0.05) is 49.2 Å². The topological polar surface area (TPSA) is 54.7 Å². The average Bonchev–Trinajstić information content (AvgIpc) is 3.42. The van der Waals surface area contributed by atoms with Crippen molar-refractivity contribution < 1.29 is 4.74 Å². The van der Waals surface area contributed by atoms with Gasteiger partial charge in [0.2, 0.25) is 0 Å². The molecule has 2 aromatic heterocycles. The van der Waals surface area contributed by atoms with Crippen molar-refractivity contribution in [3.05, 3.63) is 40.3 Å². The molecule has 2 fully saturated rings. The van der Waals surface area contributed by atoms with Gasteiger partial charge in [0.1, 0.15) is 6.10 Å². The van der Waals surface area contributed by atoms with Crippen LogP contribution in [0.5, 0.6) is 0 Å². The Morgan fingerprint density at radius 1 is 1.39 bits per heavy atom. The number of ether oxygens (including phenoxy) is 1. The van der Waals surface area contributed by atoms with E-state index in [0.29, 0.717) is 6.61 Å². The third-order valence-electron chi connectivity index (χ3n) is 6.11. The third-order valence-corrected chi connectivity index (χ3v) is 7.23. The SMILES string of the molecule is CN=C(NCC1(c2cccs2)CCCCC1)N1CCOC(c2cnn(C)c2)C1. The summed E-state index contributed by atoms with van der Waals surface area (Å²) in [4.78, 5) is 8.44. The summed E-state index contributed by atoms with van der Waals surface area (Å²) in [5.74, 6) is 0.985. The summed E-state index contributed by atoms with van der Waals surface area (Å²) >= 11 is 1.90. The number of guanidine groups is 1. The molecule has 7 heteroatoms. The maximum atomic E-state index is 6.00. The van der Waals surface area contributed by atoms with Crippen molar-refractivity contribution in [3.8, 4) is 0 Å². The van der Waals surface area contributed by atoms with Gasteiger partial charge in [-0.15, -0.1) is 11.3 Å². The zero-order valence-corrected chi connectivity index (χ0v) is 17.7. The van der Waals surface area contributed by atoms with E-state index >= 15 is 0 Å². The Kier molecular flexibility index (Phi) is 6.01. The van der Waals surface area contributed by atoms with E-state index in [1.807, 2.05) is 42.5 Å². The van der Waals surface area contributed by atoms with Gasteiger partial charge in [-0.05, 0) is 24.3 Å². The van der Waals surface area contributed by atoms with Crippen LogP contribution in [0.1, 0.15) is 48.6 Å². The highest BCUT2D eigenvalue weighted by atomic mass is 32.1. The molecule has 0 bridgehead atoms. The minimum absolute atomic E-state index is 0.0435. The summed E-state index contributed by atoms with van der Waals surface area (Å²) in [6.45, 7) is 3.32. The number of hydrogen-bond donors (Lipinski definition) is 1. The summed E-state index contributed by atoms with van der Waals surface area (Å²) in [5.41, 5.74) is 1.38. The Balaban J connectivity index is 1.44. The molecule has 4 rings (SSSR count). The summed E-state index contributed by atoms with van der Waals surface area (Å²) in [6.07, 6.45) is 10.5. The molecule has 1 N–H and O–H groups in total. The monoisotopic (exact) mass is 401 g/mol. The first-order valence-corrected chi connectivity index (χ1v) is 11.2. The van der Waals surface area contributed by atoms with Crippen molar-refractivity contribution in [2.75, 3.05) is 33.3 Å². The summed E-state index contributed by atoms with van der Waals surface area (Å²) in [7, 11) is 3.83. The molecule has 0 spiro atoms. The van der Waals surface area contributed by atoms with Crippen LogP contribution in [-0.4, -0.2) is 53.9 Å². The largest absolute Gasteiger partial charge is 0.370 e. The number of aryl methyl sites for hydroxylation is 1. The van der Waals surface area contributed by atoms with E-state index in [1.54, 1.807) is 0 Å². The summed E-state index contributed by atoms with van der Waals surface area (Å²) < 4.78 is 7.83. The lowest BCUT2D eigenvalue weighted by atomic mass is 9.73. The predicted octanol–water partition coefficient (Wildman–Crippen LogP) is 3.33. The van der Waals surface area contributed by atoms with Gasteiger partial charge >= 0.3 is 0 Å². The molecule has 1 aliphatic heterocycles. The van der Waals surface area contributed by atoms with Crippen LogP contribution in [0.2, 0.25) is 0 Å². The van der Waals surface area contributed by atoms with Crippen LogP contribution in [0, 0.1) is 0 Å². The lowest BCUT2D eigenvalue weighted by molar-refractivity contribution is -0.00814. The number of aliphatic imine (C=N–C) groups is 1. The number of hydrogen-bond acceptors (Lipinski definition) is 4. The van der Waals surface area contributed by atoms with Gasteiger partial charge in [-0.1, -0.05) is 25.3 Å². The zero-order chi connectivity index (χ0) is 19.4. The van der Waals surface area contributed by atoms with E-state index in [0.717, 1.165) is 31.2 Å². The maximum Gasteiger partial charge on any atom is 0.193 e. The van der Waals surface area contributed by atoms with E-state index in [4.69, 9.17) is 4.74 Å². The number of nitrogens with zero attached hydrogens (tertiary/aromatic N) is 4. The molecule has 1 unspecified atom stereocenters. The summed E-state index contributed by atoms with van der Waals surface area (Å²) in [5, 5.41) is 10.2. The van der Waals surface area contributed by atoms with Crippen molar-refractivity contribution in [1.82, 2.24) is 20.0 Å². The quantitative estimate of drug-likeness (QED) is 0.631. The number of thiophene rings is 1. The normalized spacial score (nSPS) is 23.0. The molecule has 1 saturated heterocycles. The van der Waals surface area contributed by atoms with Crippen molar-refractivity contribution in [2.24, 2.45) is 12.0 Å². The second-order valence-corrected chi connectivity index (χ2v) is 8.92. The molecule has 1 atom stereocenters. The zero-order valence-electron chi connectivity index (χ0n) is 16.9. The molecule has 1 aliphatic carbocycles. The number of nitrogens with one attached hydrogen (secondary N) is 1. The van der Waals surface area contributed by atoms with E-state index in [9.17, 15) is 0 Å². The molecule has 1 saturated carbocycles. The van der Waals surface area contributed by atoms with Crippen LogP contribution >= 0.6 is 11.3 Å². The minimum atomic E-state index is 0.0435. The molecule has 0 radical (unpaired) electrons. The van der Waals surface area contributed by atoms with Gasteiger partial charge in [0.15, 0.2) is 5.96 Å². The minimum Gasteiger partial charge on any atom is -0.370 e. The Hall–Kier alpha value is -1.86. The smallest absolute Gasteiger partial charge is 0.193 e. The highest BCUT2D eigenvalue weighted by Gasteiger charge is 2.35. The first-order chi connectivity index (χ1) is 13.7. The molecular weight excluding hydrogens is 370 g/mol. The van der Waals surface area contributed by atoms with Gasteiger partial charge < -0.3 is 15.0 Å². The first kappa shape index (κ1) is 19.5. The molecule has 0 aromatic carbocycles. The fourth-order valence-corrected chi connectivity index (χ4v) is 5.54. The van der Waals surface area contributed by atoms with Crippen LogP contribution < -0.4 is 5.32 Å². The second kappa shape index (κ2) is 8.66. The van der Waals surface area contributed by atoms with E-state index in [2.05, 4.69) is 37.8 Å². The second-order valence-electron chi connectivity index (χ2n) is 7.97. The number of rotatable bonds is 4. The summed E-state index contributed by atoms with van der Waals surface area (Å²) in [6, 6.07) is 4.50. The van der Waals surface area contributed by atoms with Crippen molar-refractivity contribution in [3.63, 3.8) is 0 Å². The fourth-order valence-electron chi connectivity index (χ4n) is 4.55. The van der Waals surface area contributed by atoms with Gasteiger partial charge in [0.05, 0.1) is 19.3 Å². The third kappa shape index (κ3) is 4.10. The van der Waals surface area contributed by atoms with Gasteiger partial charge in [-0.25, -0.2) is 0 Å². The number of morpholine rings is 1. The fraction of sp³-hybridized carbons (Fsp3) is 0.619. The number of aromatic nitrogens is 2. The Bertz CT molecular complexity index is 779. The molecule has 28 heavy (non-hydrogen) atoms.